The zero-order chi connectivity index (χ0) is 11.0. The van der Waals surface area contributed by atoms with Crippen LogP contribution < -0.4 is 0 Å². The summed E-state index contributed by atoms with van der Waals surface area (Å²) in [5.74, 6) is 2.00. The number of hydrogen-bond acceptors (Lipinski definition) is 3. The second-order valence-corrected chi connectivity index (χ2v) is 5.02. The van der Waals surface area contributed by atoms with Gasteiger partial charge in [0, 0.05) is 30.7 Å². The van der Waals surface area contributed by atoms with Gasteiger partial charge in [-0.05, 0) is 31.7 Å². The topological polar surface area (TPSA) is 35.0 Å². The predicted molar refractivity (Wildman–Crippen MR) is 61.8 cm³/mol. The standard InChI is InChI=1S/C12H15ClN2O/c13-11-7-10(8-1-2-8)14-12(15-11)9-3-5-16-6-4-9/h7-9H,1-6H2. The van der Waals surface area contributed by atoms with Gasteiger partial charge in [-0.3, -0.25) is 0 Å². The maximum atomic E-state index is 6.06. The lowest BCUT2D eigenvalue weighted by atomic mass is 9.99. The third-order valence-corrected chi connectivity index (χ3v) is 3.51. The summed E-state index contributed by atoms with van der Waals surface area (Å²) in [7, 11) is 0. The zero-order valence-corrected chi connectivity index (χ0v) is 9.91. The Morgan fingerprint density at radius 3 is 2.50 bits per heavy atom. The lowest BCUT2D eigenvalue weighted by Gasteiger charge is -2.21. The van der Waals surface area contributed by atoms with Gasteiger partial charge in [0.05, 0.1) is 0 Å². The normalized spacial score (nSPS) is 22.3. The van der Waals surface area contributed by atoms with Crippen molar-refractivity contribution in [3.63, 3.8) is 0 Å². The fraction of sp³-hybridized carbons (Fsp3) is 0.667. The molecule has 2 aliphatic rings. The largest absolute Gasteiger partial charge is 0.381 e. The Morgan fingerprint density at radius 2 is 1.81 bits per heavy atom. The Morgan fingerprint density at radius 1 is 1.06 bits per heavy atom. The number of nitrogens with zero attached hydrogens (tertiary/aromatic N) is 2. The predicted octanol–water partition coefficient (Wildman–Crippen LogP) is 2.90. The van der Waals surface area contributed by atoms with Crippen LogP contribution in [0.4, 0.5) is 0 Å². The summed E-state index contributed by atoms with van der Waals surface area (Å²) in [5, 5.41) is 0.596. The van der Waals surface area contributed by atoms with E-state index < -0.39 is 0 Å². The van der Waals surface area contributed by atoms with E-state index in [0.29, 0.717) is 17.0 Å². The monoisotopic (exact) mass is 238 g/mol. The first kappa shape index (κ1) is 10.5. The molecule has 0 aromatic carbocycles. The fourth-order valence-corrected chi connectivity index (χ4v) is 2.38. The number of ether oxygens (including phenoxy) is 1. The van der Waals surface area contributed by atoms with E-state index in [-0.39, 0.29) is 0 Å². The lowest BCUT2D eigenvalue weighted by Crippen LogP contribution is -2.17. The minimum absolute atomic E-state index is 0.435. The molecule has 4 heteroatoms. The van der Waals surface area contributed by atoms with Crippen LogP contribution >= 0.6 is 11.6 Å². The molecule has 0 atom stereocenters. The van der Waals surface area contributed by atoms with Crippen molar-refractivity contribution in [1.29, 1.82) is 0 Å². The fourth-order valence-electron chi connectivity index (χ4n) is 2.18. The van der Waals surface area contributed by atoms with E-state index >= 15 is 0 Å². The molecule has 2 fully saturated rings. The molecule has 0 amide bonds. The van der Waals surface area contributed by atoms with Crippen molar-refractivity contribution in [2.45, 2.75) is 37.5 Å². The average Bonchev–Trinajstić information content (AvgIpc) is 3.13. The Balaban J connectivity index is 1.86. The number of rotatable bonds is 2. The first-order chi connectivity index (χ1) is 7.83. The van der Waals surface area contributed by atoms with E-state index in [1.54, 1.807) is 0 Å². The van der Waals surface area contributed by atoms with Crippen LogP contribution in [0.5, 0.6) is 0 Å². The molecular formula is C12H15ClN2O. The van der Waals surface area contributed by atoms with Crippen molar-refractivity contribution in [2.75, 3.05) is 13.2 Å². The average molecular weight is 239 g/mol. The van der Waals surface area contributed by atoms with Crippen molar-refractivity contribution in [1.82, 2.24) is 9.97 Å². The molecule has 86 valence electrons. The molecule has 1 aliphatic heterocycles. The molecule has 0 N–H and O–H groups in total. The summed E-state index contributed by atoms with van der Waals surface area (Å²) < 4.78 is 5.35. The van der Waals surface area contributed by atoms with Crippen LogP contribution in [0.1, 0.15) is 49.0 Å². The minimum Gasteiger partial charge on any atom is -0.381 e. The highest BCUT2D eigenvalue weighted by atomic mass is 35.5. The molecule has 1 aliphatic carbocycles. The van der Waals surface area contributed by atoms with Gasteiger partial charge in [-0.1, -0.05) is 11.6 Å². The van der Waals surface area contributed by atoms with Gasteiger partial charge in [0.15, 0.2) is 0 Å². The zero-order valence-electron chi connectivity index (χ0n) is 9.16. The van der Waals surface area contributed by atoms with Gasteiger partial charge in [-0.15, -0.1) is 0 Å². The van der Waals surface area contributed by atoms with Crippen LogP contribution in [0.2, 0.25) is 5.15 Å². The van der Waals surface area contributed by atoms with Gasteiger partial charge < -0.3 is 4.74 Å². The number of halogens is 1. The molecule has 1 saturated heterocycles. The Labute approximate surface area is 100 Å². The van der Waals surface area contributed by atoms with Gasteiger partial charge in [-0.2, -0.15) is 0 Å². The summed E-state index contributed by atoms with van der Waals surface area (Å²) in [4.78, 5) is 9.03. The summed E-state index contributed by atoms with van der Waals surface area (Å²) in [5.41, 5.74) is 1.14. The first-order valence-corrected chi connectivity index (χ1v) is 6.33. The number of hydrogen-bond donors (Lipinski definition) is 0. The molecule has 3 nitrogen and oxygen atoms in total. The molecule has 0 radical (unpaired) electrons. The van der Waals surface area contributed by atoms with Crippen molar-refractivity contribution in [3.8, 4) is 0 Å². The minimum atomic E-state index is 0.435. The quantitative estimate of drug-likeness (QED) is 0.744. The van der Waals surface area contributed by atoms with Gasteiger partial charge in [0.2, 0.25) is 0 Å². The molecule has 1 aromatic rings. The van der Waals surface area contributed by atoms with Gasteiger partial charge in [0.1, 0.15) is 11.0 Å². The second kappa shape index (κ2) is 4.30. The van der Waals surface area contributed by atoms with E-state index in [0.717, 1.165) is 37.6 Å². The van der Waals surface area contributed by atoms with E-state index in [1.165, 1.54) is 12.8 Å². The van der Waals surface area contributed by atoms with Crippen molar-refractivity contribution >= 4 is 11.6 Å². The van der Waals surface area contributed by atoms with Crippen molar-refractivity contribution in [2.24, 2.45) is 0 Å². The molecule has 0 unspecified atom stereocenters. The maximum absolute atomic E-state index is 6.06. The molecule has 3 rings (SSSR count). The summed E-state index contributed by atoms with van der Waals surface area (Å²) >= 11 is 6.06. The SMILES string of the molecule is Clc1cc(C2CC2)nc(C2CCOCC2)n1. The highest BCUT2D eigenvalue weighted by molar-refractivity contribution is 6.29. The van der Waals surface area contributed by atoms with Crippen molar-refractivity contribution in [3.05, 3.63) is 22.7 Å². The molecule has 0 spiro atoms. The highest BCUT2D eigenvalue weighted by Crippen LogP contribution is 2.40. The summed E-state index contributed by atoms with van der Waals surface area (Å²) in [6, 6.07) is 1.92. The van der Waals surface area contributed by atoms with E-state index in [1.807, 2.05) is 6.07 Å². The second-order valence-electron chi connectivity index (χ2n) is 4.63. The third kappa shape index (κ3) is 2.20. The molecule has 0 bridgehead atoms. The van der Waals surface area contributed by atoms with Crippen LogP contribution in [0.25, 0.3) is 0 Å². The molecule has 2 heterocycles. The van der Waals surface area contributed by atoms with Crippen LogP contribution in [-0.4, -0.2) is 23.2 Å². The molecule has 1 saturated carbocycles. The molecular weight excluding hydrogens is 224 g/mol. The Kier molecular flexibility index (Phi) is 2.82. The van der Waals surface area contributed by atoms with Gasteiger partial charge in [-0.25, -0.2) is 9.97 Å². The molecule has 16 heavy (non-hydrogen) atoms. The summed E-state index contributed by atoms with van der Waals surface area (Å²) in [6.07, 6.45) is 4.54. The van der Waals surface area contributed by atoms with E-state index in [4.69, 9.17) is 16.3 Å². The van der Waals surface area contributed by atoms with Crippen molar-refractivity contribution < 1.29 is 4.74 Å². The smallest absolute Gasteiger partial charge is 0.133 e. The van der Waals surface area contributed by atoms with Gasteiger partial charge >= 0.3 is 0 Å². The highest BCUT2D eigenvalue weighted by Gasteiger charge is 2.27. The maximum Gasteiger partial charge on any atom is 0.133 e. The Hall–Kier alpha value is -0.670. The summed E-state index contributed by atoms with van der Waals surface area (Å²) in [6.45, 7) is 1.64. The van der Waals surface area contributed by atoms with Crippen LogP contribution in [0.15, 0.2) is 6.07 Å². The lowest BCUT2D eigenvalue weighted by molar-refractivity contribution is 0.0835. The molecule has 1 aromatic heterocycles. The van der Waals surface area contributed by atoms with Crippen LogP contribution in [0.3, 0.4) is 0 Å². The number of aromatic nitrogens is 2. The van der Waals surface area contributed by atoms with E-state index in [2.05, 4.69) is 9.97 Å². The van der Waals surface area contributed by atoms with Crippen LogP contribution in [0, 0.1) is 0 Å². The first-order valence-electron chi connectivity index (χ1n) is 5.95. The third-order valence-electron chi connectivity index (χ3n) is 3.31. The van der Waals surface area contributed by atoms with Gasteiger partial charge in [0.25, 0.3) is 0 Å². The van der Waals surface area contributed by atoms with Crippen LogP contribution in [-0.2, 0) is 4.74 Å². The van der Waals surface area contributed by atoms with E-state index in [9.17, 15) is 0 Å². The Bertz CT molecular complexity index is 387.